The molecule has 2 aromatic heterocycles. The Bertz CT molecular complexity index is 738. The van der Waals surface area contributed by atoms with Gasteiger partial charge in [-0.3, -0.25) is 4.90 Å². The zero-order chi connectivity index (χ0) is 16.1. The molecular formula is C17H24ClN5. The minimum Gasteiger partial charge on any atom is -0.339 e. The van der Waals surface area contributed by atoms with Crippen molar-refractivity contribution in [1.82, 2.24) is 19.4 Å². The highest BCUT2D eigenvalue weighted by molar-refractivity contribution is 6.30. The molecule has 6 heteroatoms. The number of aryl methyl sites for hydroxylation is 1. The van der Waals surface area contributed by atoms with Crippen molar-refractivity contribution in [3.8, 4) is 0 Å². The first-order valence-electron chi connectivity index (χ1n) is 8.56. The molecule has 5 nitrogen and oxygen atoms in total. The topological polar surface area (TPSA) is 37.2 Å². The van der Waals surface area contributed by atoms with E-state index in [-0.39, 0.29) is 0 Å². The Hall–Kier alpha value is -1.33. The Morgan fingerprint density at radius 3 is 2.83 bits per heavy atom. The van der Waals surface area contributed by atoms with Gasteiger partial charge < -0.3 is 9.47 Å². The number of rotatable bonds is 2. The van der Waals surface area contributed by atoms with Crippen molar-refractivity contribution >= 4 is 28.6 Å². The van der Waals surface area contributed by atoms with Gasteiger partial charge in [-0.15, -0.1) is 0 Å². The molecule has 0 N–H and O–H groups in total. The second kappa shape index (κ2) is 5.64. The van der Waals surface area contributed by atoms with Crippen molar-refractivity contribution in [2.45, 2.75) is 38.6 Å². The van der Waals surface area contributed by atoms with E-state index < -0.39 is 0 Å². The van der Waals surface area contributed by atoms with Gasteiger partial charge in [-0.2, -0.15) is 0 Å². The molecule has 2 saturated heterocycles. The van der Waals surface area contributed by atoms with Crippen LogP contribution in [0.1, 0.15) is 38.3 Å². The van der Waals surface area contributed by atoms with Gasteiger partial charge in [-0.25, -0.2) is 9.97 Å². The van der Waals surface area contributed by atoms with Crippen LogP contribution in [0.3, 0.4) is 0 Å². The molecule has 0 radical (unpaired) electrons. The lowest BCUT2D eigenvalue weighted by molar-refractivity contribution is 0.229. The van der Waals surface area contributed by atoms with Gasteiger partial charge in [0, 0.05) is 38.8 Å². The number of aromatic nitrogens is 3. The zero-order valence-corrected chi connectivity index (χ0v) is 14.8. The van der Waals surface area contributed by atoms with E-state index in [0.717, 1.165) is 42.3 Å². The summed E-state index contributed by atoms with van der Waals surface area (Å²) in [6.07, 6.45) is 2.64. The molecule has 0 aromatic carbocycles. The van der Waals surface area contributed by atoms with Crippen LogP contribution in [0.15, 0.2) is 6.07 Å². The number of fused-ring (bicyclic) bond motifs is 2. The summed E-state index contributed by atoms with van der Waals surface area (Å²) >= 11 is 6.24. The molecule has 0 bridgehead atoms. The molecule has 4 heterocycles. The molecule has 0 aliphatic carbocycles. The van der Waals surface area contributed by atoms with Crippen molar-refractivity contribution in [3.05, 3.63) is 16.9 Å². The number of imidazole rings is 1. The summed E-state index contributed by atoms with van der Waals surface area (Å²) in [7, 11) is 2.09. The monoisotopic (exact) mass is 333 g/mol. The number of nitrogens with zero attached hydrogens (tertiary/aromatic N) is 5. The highest BCUT2D eigenvalue weighted by atomic mass is 35.5. The van der Waals surface area contributed by atoms with Crippen LogP contribution in [-0.4, -0.2) is 51.7 Å². The SMILES string of the molecule is CC(C)c1nc(Cl)cc2c1nc(N1CCN3CCC[C@@H]3C1)n2C. The van der Waals surface area contributed by atoms with Gasteiger partial charge in [0.15, 0.2) is 0 Å². The first-order chi connectivity index (χ1) is 11.0. The second-order valence-electron chi connectivity index (χ2n) is 7.10. The summed E-state index contributed by atoms with van der Waals surface area (Å²) in [6.45, 7) is 8.82. The average Bonchev–Trinajstić information content (AvgIpc) is 3.11. The molecule has 2 aromatic rings. The van der Waals surface area contributed by atoms with E-state index in [1.165, 1.54) is 19.4 Å². The standard InChI is InChI=1S/C17H24ClN5/c1-11(2)15-16-13(9-14(18)19-15)21(3)17(20-16)23-8-7-22-6-4-5-12(22)10-23/h9,11-12H,4-8,10H2,1-3H3/t12-/m1/s1. The highest BCUT2D eigenvalue weighted by Crippen LogP contribution is 2.31. The fraction of sp³-hybridized carbons (Fsp3) is 0.647. The molecule has 2 fully saturated rings. The molecule has 2 aliphatic heterocycles. The van der Waals surface area contributed by atoms with E-state index in [9.17, 15) is 0 Å². The molecule has 0 spiro atoms. The largest absolute Gasteiger partial charge is 0.339 e. The van der Waals surface area contributed by atoms with E-state index in [2.05, 4.69) is 40.2 Å². The lowest BCUT2D eigenvalue weighted by Crippen LogP contribution is -2.50. The third-order valence-electron chi connectivity index (χ3n) is 5.26. The van der Waals surface area contributed by atoms with Gasteiger partial charge in [-0.05, 0) is 25.3 Å². The molecule has 0 amide bonds. The fourth-order valence-corrected chi connectivity index (χ4v) is 4.22. The number of halogens is 1. The third kappa shape index (κ3) is 2.50. The first kappa shape index (κ1) is 15.2. The Labute approximate surface area is 142 Å². The van der Waals surface area contributed by atoms with Crippen LogP contribution in [0.5, 0.6) is 0 Å². The minimum absolute atomic E-state index is 0.311. The molecule has 23 heavy (non-hydrogen) atoms. The molecule has 1 atom stereocenters. The maximum Gasteiger partial charge on any atom is 0.206 e. The van der Waals surface area contributed by atoms with Gasteiger partial charge in [-0.1, -0.05) is 25.4 Å². The third-order valence-corrected chi connectivity index (χ3v) is 5.45. The average molecular weight is 334 g/mol. The van der Waals surface area contributed by atoms with Gasteiger partial charge in [0.2, 0.25) is 5.95 Å². The van der Waals surface area contributed by atoms with Crippen LogP contribution in [-0.2, 0) is 7.05 Å². The van der Waals surface area contributed by atoms with Crippen molar-refractivity contribution in [3.63, 3.8) is 0 Å². The summed E-state index contributed by atoms with van der Waals surface area (Å²) in [5.74, 6) is 1.36. The Morgan fingerprint density at radius 2 is 2.04 bits per heavy atom. The van der Waals surface area contributed by atoms with E-state index in [0.29, 0.717) is 17.1 Å². The van der Waals surface area contributed by atoms with E-state index in [4.69, 9.17) is 16.6 Å². The van der Waals surface area contributed by atoms with Crippen LogP contribution in [0.25, 0.3) is 11.0 Å². The number of piperazine rings is 1. The number of hydrogen-bond donors (Lipinski definition) is 0. The number of anilines is 1. The van der Waals surface area contributed by atoms with E-state index in [1.54, 1.807) is 0 Å². The first-order valence-corrected chi connectivity index (χ1v) is 8.94. The second-order valence-corrected chi connectivity index (χ2v) is 7.49. The maximum absolute atomic E-state index is 6.24. The summed E-state index contributed by atoms with van der Waals surface area (Å²) in [5, 5.41) is 0.552. The maximum atomic E-state index is 6.24. The predicted octanol–water partition coefficient (Wildman–Crippen LogP) is 3.03. The fourth-order valence-electron chi connectivity index (χ4n) is 4.02. The van der Waals surface area contributed by atoms with Crippen molar-refractivity contribution in [2.24, 2.45) is 7.05 Å². The zero-order valence-electron chi connectivity index (χ0n) is 14.1. The van der Waals surface area contributed by atoms with Crippen LogP contribution in [0, 0.1) is 0 Å². The summed E-state index contributed by atoms with van der Waals surface area (Å²) < 4.78 is 2.18. The molecular weight excluding hydrogens is 310 g/mol. The Kier molecular flexibility index (Phi) is 3.73. The molecule has 2 aliphatic rings. The van der Waals surface area contributed by atoms with Crippen LogP contribution < -0.4 is 4.90 Å². The predicted molar refractivity (Wildman–Crippen MR) is 94.4 cm³/mol. The summed E-state index contributed by atoms with van der Waals surface area (Å²) in [4.78, 5) is 14.5. The van der Waals surface area contributed by atoms with Crippen molar-refractivity contribution in [1.29, 1.82) is 0 Å². The van der Waals surface area contributed by atoms with Crippen LogP contribution in [0.2, 0.25) is 5.15 Å². The highest BCUT2D eigenvalue weighted by Gasteiger charge is 2.32. The number of hydrogen-bond acceptors (Lipinski definition) is 4. The van der Waals surface area contributed by atoms with E-state index in [1.807, 2.05) is 6.07 Å². The summed E-state index contributed by atoms with van der Waals surface area (Å²) in [5.41, 5.74) is 3.07. The number of pyridine rings is 1. The van der Waals surface area contributed by atoms with Gasteiger partial charge in [0.1, 0.15) is 10.7 Å². The van der Waals surface area contributed by atoms with Gasteiger partial charge in [0.05, 0.1) is 11.2 Å². The Morgan fingerprint density at radius 1 is 1.22 bits per heavy atom. The lowest BCUT2D eigenvalue weighted by atomic mass is 10.1. The van der Waals surface area contributed by atoms with Gasteiger partial charge in [0.25, 0.3) is 0 Å². The summed E-state index contributed by atoms with van der Waals surface area (Å²) in [6, 6.07) is 2.63. The molecule has 0 saturated carbocycles. The molecule has 0 unspecified atom stereocenters. The molecule has 4 rings (SSSR count). The lowest BCUT2D eigenvalue weighted by Gasteiger charge is -2.37. The van der Waals surface area contributed by atoms with E-state index >= 15 is 0 Å². The Balaban J connectivity index is 1.76. The van der Waals surface area contributed by atoms with Crippen LogP contribution in [0.4, 0.5) is 5.95 Å². The quantitative estimate of drug-likeness (QED) is 0.792. The van der Waals surface area contributed by atoms with Gasteiger partial charge >= 0.3 is 0 Å². The molecule has 124 valence electrons. The normalized spacial score (nSPS) is 22.3. The smallest absolute Gasteiger partial charge is 0.206 e. The van der Waals surface area contributed by atoms with Crippen molar-refractivity contribution in [2.75, 3.05) is 31.1 Å². The minimum atomic E-state index is 0.311. The van der Waals surface area contributed by atoms with Crippen molar-refractivity contribution < 1.29 is 0 Å². The van der Waals surface area contributed by atoms with Crippen LogP contribution >= 0.6 is 11.6 Å².